The van der Waals surface area contributed by atoms with Crippen molar-refractivity contribution in [3.8, 4) is 16.9 Å². The number of hydrogen-bond acceptors (Lipinski definition) is 2. The number of aromatic nitrogens is 1. The second kappa shape index (κ2) is 6.76. The average Bonchev–Trinajstić information content (AvgIpc) is 3.15. The molecule has 0 saturated heterocycles. The molecule has 1 heterocycles. The molecule has 0 fully saturated rings. The van der Waals surface area contributed by atoms with Gasteiger partial charge in [0.25, 0.3) is 5.91 Å². The van der Waals surface area contributed by atoms with E-state index in [9.17, 15) is 4.79 Å². The molecular weight excluding hydrogens is 324 g/mol. The van der Waals surface area contributed by atoms with Crippen LogP contribution in [0.1, 0.15) is 15.9 Å². The number of carbonyl (C=O) groups excluding carboxylic acids is 1. The van der Waals surface area contributed by atoms with Crippen LogP contribution in [0.3, 0.4) is 0 Å². The second-order valence-corrected chi connectivity index (χ2v) is 6.13. The summed E-state index contributed by atoms with van der Waals surface area (Å²) in [5.41, 5.74) is 9.80. The number of benzene rings is 3. The van der Waals surface area contributed by atoms with Gasteiger partial charge >= 0.3 is 0 Å². The lowest BCUT2D eigenvalue weighted by atomic mass is 10.00. The fourth-order valence-corrected chi connectivity index (χ4v) is 3.04. The van der Waals surface area contributed by atoms with Crippen molar-refractivity contribution in [1.82, 2.24) is 4.98 Å². The first-order chi connectivity index (χ1) is 12.7. The van der Waals surface area contributed by atoms with Crippen LogP contribution in [-0.2, 0) is 6.61 Å². The maximum Gasteiger partial charge on any atom is 0.250 e. The van der Waals surface area contributed by atoms with Crippen LogP contribution in [0.2, 0.25) is 0 Å². The van der Waals surface area contributed by atoms with Gasteiger partial charge in [0.05, 0.1) is 11.1 Å². The molecule has 4 nitrogen and oxygen atoms in total. The van der Waals surface area contributed by atoms with Crippen molar-refractivity contribution in [1.29, 1.82) is 0 Å². The summed E-state index contributed by atoms with van der Waals surface area (Å²) in [7, 11) is 0. The van der Waals surface area contributed by atoms with Gasteiger partial charge in [-0.05, 0) is 47.0 Å². The summed E-state index contributed by atoms with van der Waals surface area (Å²) in [6.45, 7) is 0.508. The molecule has 26 heavy (non-hydrogen) atoms. The van der Waals surface area contributed by atoms with Crippen LogP contribution >= 0.6 is 0 Å². The number of fused-ring (bicyclic) bond motifs is 1. The van der Waals surface area contributed by atoms with Gasteiger partial charge in [0.1, 0.15) is 12.4 Å². The summed E-state index contributed by atoms with van der Waals surface area (Å²) in [4.78, 5) is 14.9. The van der Waals surface area contributed by atoms with Crippen molar-refractivity contribution in [2.45, 2.75) is 6.61 Å². The minimum absolute atomic E-state index is 0.448. The van der Waals surface area contributed by atoms with Gasteiger partial charge < -0.3 is 15.5 Å². The number of aromatic amines is 1. The van der Waals surface area contributed by atoms with E-state index in [-0.39, 0.29) is 0 Å². The number of H-pyrrole nitrogens is 1. The van der Waals surface area contributed by atoms with Crippen LogP contribution < -0.4 is 10.5 Å². The molecule has 0 aliphatic carbocycles. The Kier molecular flexibility index (Phi) is 4.15. The summed E-state index contributed by atoms with van der Waals surface area (Å²) in [6, 6.07) is 23.7. The van der Waals surface area contributed by atoms with E-state index >= 15 is 0 Å². The first-order valence-corrected chi connectivity index (χ1v) is 8.39. The van der Waals surface area contributed by atoms with Crippen LogP contribution in [0.4, 0.5) is 0 Å². The highest BCUT2D eigenvalue weighted by Gasteiger charge is 2.11. The molecule has 128 valence electrons. The number of carbonyl (C=O) groups is 1. The lowest BCUT2D eigenvalue weighted by molar-refractivity contribution is 0.100. The Balaban J connectivity index is 1.66. The summed E-state index contributed by atoms with van der Waals surface area (Å²) >= 11 is 0. The zero-order chi connectivity index (χ0) is 17.9. The number of ether oxygens (including phenoxy) is 1. The van der Waals surface area contributed by atoms with Crippen LogP contribution in [0.25, 0.3) is 22.0 Å². The van der Waals surface area contributed by atoms with E-state index in [1.165, 1.54) is 0 Å². The topological polar surface area (TPSA) is 68.1 Å². The van der Waals surface area contributed by atoms with E-state index < -0.39 is 5.91 Å². The van der Waals surface area contributed by atoms with E-state index in [1.807, 2.05) is 72.8 Å². The predicted octanol–water partition coefficient (Wildman–Crippen LogP) is 4.51. The van der Waals surface area contributed by atoms with Crippen molar-refractivity contribution in [3.63, 3.8) is 0 Å². The third kappa shape index (κ3) is 3.17. The van der Waals surface area contributed by atoms with Crippen molar-refractivity contribution in [2.75, 3.05) is 0 Å². The fourth-order valence-electron chi connectivity index (χ4n) is 3.04. The lowest BCUT2D eigenvalue weighted by Crippen LogP contribution is -2.11. The maximum absolute atomic E-state index is 11.8. The van der Waals surface area contributed by atoms with E-state index in [4.69, 9.17) is 10.5 Å². The van der Waals surface area contributed by atoms with Crippen molar-refractivity contribution in [2.24, 2.45) is 5.73 Å². The number of rotatable bonds is 5. The Morgan fingerprint density at radius 3 is 2.58 bits per heavy atom. The largest absolute Gasteiger partial charge is 0.489 e. The van der Waals surface area contributed by atoms with E-state index in [0.717, 1.165) is 33.3 Å². The van der Waals surface area contributed by atoms with Gasteiger partial charge in [-0.15, -0.1) is 0 Å². The Labute approximate surface area is 151 Å². The normalized spacial score (nSPS) is 10.8. The van der Waals surface area contributed by atoms with E-state index in [0.29, 0.717) is 12.2 Å². The first kappa shape index (κ1) is 16.0. The fraction of sp³-hybridized carbons (Fsp3) is 0.0455. The molecule has 4 rings (SSSR count). The van der Waals surface area contributed by atoms with Gasteiger partial charge in [-0.1, -0.05) is 42.5 Å². The zero-order valence-corrected chi connectivity index (χ0v) is 14.1. The summed E-state index contributed by atoms with van der Waals surface area (Å²) < 4.78 is 5.91. The lowest BCUT2D eigenvalue weighted by Gasteiger charge is -2.10. The van der Waals surface area contributed by atoms with Gasteiger partial charge in [0.2, 0.25) is 0 Å². The molecule has 0 spiro atoms. The Morgan fingerprint density at radius 1 is 0.923 bits per heavy atom. The number of nitrogens with one attached hydrogen (secondary N) is 1. The SMILES string of the molecule is NC(=O)c1cc(-c2cccc(OCc3ccccc3)c2)cc2cc[nH]c12. The quantitative estimate of drug-likeness (QED) is 0.560. The number of primary amides is 1. The number of nitrogens with two attached hydrogens (primary N) is 1. The van der Waals surface area contributed by atoms with E-state index in [2.05, 4.69) is 4.98 Å². The Bertz CT molecular complexity index is 1070. The van der Waals surface area contributed by atoms with Gasteiger partial charge in [0, 0.05) is 11.6 Å². The van der Waals surface area contributed by atoms with Crippen LogP contribution in [0.15, 0.2) is 79.0 Å². The molecule has 4 aromatic rings. The molecule has 0 bridgehead atoms. The molecule has 0 radical (unpaired) electrons. The van der Waals surface area contributed by atoms with Gasteiger partial charge in [-0.3, -0.25) is 4.79 Å². The van der Waals surface area contributed by atoms with Crippen molar-refractivity contribution in [3.05, 3.63) is 90.1 Å². The molecule has 4 heteroatoms. The molecule has 1 amide bonds. The standard InChI is InChI=1S/C22H18N2O2/c23-22(25)20-13-18(11-17-9-10-24-21(17)20)16-7-4-8-19(12-16)26-14-15-5-2-1-3-6-15/h1-13,24H,14H2,(H2,23,25). The van der Waals surface area contributed by atoms with Crippen molar-refractivity contribution < 1.29 is 9.53 Å². The summed E-state index contributed by atoms with van der Waals surface area (Å²) in [6.07, 6.45) is 1.81. The highest BCUT2D eigenvalue weighted by atomic mass is 16.5. The molecule has 3 N–H and O–H groups in total. The number of amides is 1. The minimum atomic E-state index is -0.448. The zero-order valence-electron chi connectivity index (χ0n) is 14.1. The Morgan fingerprint density at radius 2 is 1.77 bits per heavy atom. The smallest absolute Gasteiger partial charge is 0.250 e. The molecular formula is C22H18N2O2. The van der Waals surface area contributed by atoms with Gasteiger partial charge in [-0.25, -0.2) is 0 Å². The number of hydrogen-bond donors (Lipinski definition) is 2. The predicted molar refractivity (Wildman–Crippen MR) is 103 cm³/mol. The minimum Gasteiger partial charge on any atom is -0.489 e. The third-order valence-electron chi connectivity index (χ3n) is 4.34. The van der Waals surface area contributed by atoms with Crippen LogP contribution in [0, 0.1) is 0 Å². The molecule has 0 aliphatic heterocycles. The van der Waals surface area contributed by atoms with Gasteiger partial charge in [0.15, 0.2) is 0 Å². The monoisotopic (exact) mass is 342 g/mol. The third-order valence-corrected chi connectivity index (χ3v) is 4.34. The highest BCUT2D eigenvalue weighted by molar-refractivity contribution is 6.06. The summed E-state index contributed by atoms with van der Waals surface area (Å²) in [5.74, 6) is 0.330. The van der Waals surface area contributed by atoms with E-state index in [1.54, 1.807) is 6.20 Å². The second-order valence-electron chi connectivity index (χ2n) is 6.13. The maximum atomic E-state index is 11.8. The van der Waals surface area contributed by atoms with Gasteiger partial charge in [-0.2, -0.15) is 0 Å². The highest BCUT2D eigenvalue weighted by Crippen LogP contribution is 2.29. The summed E-state index contributed by atoms with van der Waals surface area (Å²) in [5, 5.41) is 0.951. The molecule has 0 unspecified atom stereocenters. The molecule has 3 aromatic carbocycles. The van der Waals surface area contributed by atoms with Crippen LogP contribution in [-0.4, -0.2) is 10.9 Å². The average molecular weight is 342 g/mol. The molecule has 0 atom stereocenters. The van der Waals surface area contributed by atoms with Crippen molar-refractivity contribution >= 4 is 16.8 Å². The first-order valence-electron chi connectivity index (χ1n) is 8.39. The molecule has 0 saturated carbocycles. The Hall–Kier alpha value is -3.53. The molecule has 1 aromatic heterocycles. The molecule has 0 aliphatic rings. The van der Waals surface area contributed by atoms with Crippen LogP contribution in [0.5, 0.6) is 5.75 Å².